The maximum Gasteiger partial charge on any atom is 0.322 e. The van der Waals surface area contributed by atoms with Crippen LogP contribution >= 0.6 is 35.7 Å². The fraction of sp³-hybridized carbons (Fsp3) is 0.833. The van der Waals surface area contributed by atoms with Crippen molar-refractivity contribution in [1.29, 1.82) is 0 Å². The van der Waals surface area contributed by atoms with Gasteiger partial charge in [0.05, 0.1) is 12.3 Å². The van der Waals surface area contributed by atoms with Crippen LogP contribution < -0.4 is 5.32 Å². The summed E-state index contributed by atoms with van der Waals surface area (Å²) in [5.41, 5.74) is 0.899. The summed E-state index contributed by atoms with van der Waals surface area (Å²) >= 11 is 8.64. The van der Waals surface area contributed by atoms with E-state index in [1.54, 1.807) is 16.4 Å². The van der Waals surface area contributed by atoms with Crippen LogP contribution in [0.1, 0.15) is 97.1 Å². The standard InChI is InChI=1S/C24H44N4O2S3/c1-5-6-7-8-9-10-11-12-13-14-18-32-23(31)33-24(2,3)22(29)30-17-15-16-28-20-21(19-25-4)26-27-28/h20,25H,5-19H2,1-4H3. The molecule has 190 valence electrons. The Morgan fingerprint density at radius 1 is 1.09 bits per heavy atom. The molecule has 0 saturated carbocycles. The number of rotatable bonds is 19. The maximum atomic E-state index is 12.5. The molecule has 0 unspecified atom stereocenters. The van der Waals surface area contributed by atoms with Crippen LogP contribution in [-0.4, -0.2) is 48.6 Å². The van der Waals surface area contributed by atoms with Gasteiger partial charge in [0.25, 0.3) is 0 Å². The molecule has 0 aliphatic heterocycles. The van der Waals surface area contributed by atoms with E-state index in [0.29, 0.717) is 26.1 Å². The van der Waals surface area contributed by atoms with Gasteiger partial charge in [0.15, 0.2) is 0 Å². The summed E-state index contributed by atoms with van der Waals surface area (Å²) < 4.78 is 7.43. The molecule has 1 N–H and O–H groups in total. The van der Waals surface area contributed by atoms with Crippen molar-refractivity contribution in [2.45, 2.75) is 109 Å². The van der Waals surface area contributed by atoms with Crippen LogP contribution in [0.3, 0.4) is 0 Å². The van der Waals surface area contributed by atoms with Gasteiger partial charge in [0.2, 0.25) is 0 Å². The molecule has 1 rings (SSSR count). The number of unbranched alkanes of at least 4 members (excludes halogenated alkanes) is 9. The van der Waals surface area contributed by atoms with Crippen molar-refractivity contribution in [2.75, 3.05) is 19.4 Å². The van der Waals surface area contributed by atoms with E-state index in [4.69, 9.17) is 17.0 Å². The Kier molecular flexibility index (Phi) is 17.2. The van der Waals surface area contributed by atoms with Crippen molar-refractivity contribution in [3.63, 3.8) is 0 Å². The molecular formula is C24H44N4O2S3. The number of nitrogens with one attached hydrogen (secondary N) is 1. The largest absolute Gasteiger partial charge is 0.465 e. The molecule has 0 radical (unpaired) electrons. The summed E-state index contributed by atoms with van der Waals surface area (Å²) in [6.07, 6.45) is 16.0. The molecule has 1 heterocycles. The fourth-order valence-corrected chi connectivity index (χ4v) is 6.36. The summed E-state index contributed by atoms with van der Waals surface area (Å²) in [4.78, 5) is 12.5. The van der Waals surface area contributed by atoms with Gasteiger partial charge in [-0.1, -0.05) is 93.9 Å². The molecule has 33 heavy (non-hydrogen) atoms. The van der Waals surface area contributed by atoms with Crippen molar-refractivity contribution in [3.8, 4) is 0 Å². The van der Waals surface area contributed by atoms with Crippen molar-refractivity contribution < 1.29 is 9.53 Å². The maximum absolute atomic E-state index is 12.5. The molecular weight excluding hydrogens is 472 g/mol. The molecule has 0 aliphatic rings. The van der Waals surface area contributed by atoms with Crippen LogP contribution in [0.15, 0.2) is 6.20 Å². The first kappa shape index (κ1) is 30.4. The molecule has 0 aromatic carbocycles. The van der Waals surface area contributed by atoms with Crippen LogP contribution in [0.2, 0.25) is 0 Å². The van der Waals surface area contributed by atoms with Crippen LogP contribution in [0.4, 0.5) is 0 Å². The highest BCUT2D eigenvalue weighted by Gasteiger charge is 2.31. The Balaban J connectivity index is 2.07. The predicted molar refractivity (Wildman–Crippen MR) is 147 cm³/mol. The number of thioether (sulfide) groups is 2. The number of hydrogen-bond acceptors (Lipinski definition) is 8. The second-order valence-corrected chi connectivity index (χ2v) is 12.8. The van der Waals surface area contributed by atoms with Gasteiger partial charge in [-0.15, -0.1) is 16.9 Å². The van der Waals surface area contributed by atoms with Gasteiger partial charge in [-0.05, 0) is 33.1 Å². The average molecular weight is 517 g/mol. The Morgan fingerprint density at radius 2 is 1.73 bits per heavy atom. The van der Waals surface area contributed by atoms with E-state index in [2.05, 4.69) is 22.6 Å². The second-order valence-electron chi connectivity index (χ2n) is 8.89. The molecule has 9 heteroatoms. The number of hydrogen-bond donors (Lipinski definition) is 1. The topological polar surface area (TPSA) is 69.0 Å². The highest BCUT2D eigenvalue weighted by Crippen LogP contribution is 2.32. The Hall–Kier alpha value is -0.640. The molecule has 0 aliphatic carbocycles. The van der Waals surface area contributed by atoms with Gasteiger partial charge in [0, 0.05) is 25.7 Å². The molecule has 0 bridgehead atoms. The van der Waals surface area contributed by atoms with Crippen molar-refractivity contribution in [1.82, 2.24) is 20.3 Å². The Bertz CT molecular complexity index is 668. The number of ether oxygens (including phenoxy) is 1. The molecule has 1 aromatic heterocycles. The monoisotopic (exact) mass is 516 g/mol. The first-order chi connectivity index (χ1) is 15.9. The van der Waals surface area contributed by atoms with E-state index in [9.17, 15) is 4.79 Å². The van der Waals surface area contributed by atoms with Crippen molar-refractivity contribution >= 4 is 45.2 Å². The first-order valence-corrected chi connectivity index (χ1v) is 14.7. The predicted octanol–water partition coefficient (Wildman–Crippen LogP) is 6.38. The van der Waals surface area contributed by atoms with E-state index < -0.39 is 4.75 Å². The number of aryl methyl sites for hydroxylation is 1. The molecule has 0 saturated heterocycles. The molecule has 6 nitrogen and oxygen atoms in total. The number of thiocarbonyl (C=S) groups is 1. The lowest BCUT2D eigenvalue weighted by Crippen LogP contribution is -2.31. The van der Waals surface area contributed by atoms with E-state index >= 15 is 0 Å². The third-order valence-corrected chi connectivity index (χ3v) is 8.04. The Morgan fingerprint density at radius 3 is 2.36 bits per heavy atom. The lowest BCUT2D eigenvalue weighted by molar-refractivity contribution is -0.145. The SMILES string of the molecule is CCCCCCCCCCCCSC(=S)SC(C)(C)C(=O)OCCCn1cc(CNC)nn1. The van der Waals surface area contributed by atoms with Gasteiger partial charge < -0.3 is 10.1 Å². The van der Waals surface area contributed by atoms with Crippen LogP contribution in [0.25, 0.3) is 0 Å². The lowest BCUT2D eigenvalue weighted by atomic mass is 10.1. The van der Waals surface area contributed by atoms with Crippen LogP contribution in [0, 0.1) is 0 Å². The number of aromatic nitrogens is 3. The zero-order chi connectivity index (χ0) is 24.4. The van der Waals surface area contributed by atoms with Gasteiger partial charge >= 0.3 is 5.97 Å². The minimum Gasteiger partial charge on any atom is -0.465 e. The zero-order valence-electron chi connectivity index (χ0n) is 21.1. The van der Waals surface area contributed by atoms with Gasteiger partial charge in [0.1, 0.15) is 8.28 Å². The summed E-state index contributed by atoms with van der Waals surface area (Å²) in [6, 6.07) is 0. The third kappa shape index (κ3) is 15.1. The number of carbonyl (C=O) groups excluding carboxylic acids is 1. The summed E-state index contributed by atoms with van der Waals surface area (Å²) in [5, 5.41) is 11.2. The Labute approximate surface area is 215 Å². The van der Waals surface area contributed by atoms with E-state index in [0.717, 1.165) is 15.0 Å². The van der Waals surface area contributed by atoms with Crippen molar-refractivity contribution in [3.05, 3.63) is 11.9 Å². The number of esters is 1. The normalized spacial score (nSPS) is 11.6. The number of carbonyl (C=O) groups is 1. The number of nitrogens with zero attached hydrogens (tertiary/aromatic N) is 3. The lowest BCUT2D eigenvalue weighted by Gasteiger charge is -2.22. The highest BCUT2D eigenvalue weighted by atomic mass is 32.2. The molecule has 0 atom stereocenters. The van der Waals surface area contributed by atoms with Crippen LogP contribution in [0.5, 0.6) is 0 Å². The van der Waals surface area contributed by atoms with Gasteiger partial charge in [-0.2, -0.15) is 0 Å². The summed E-state index contributed by atoms with van der Waals surface area (Å²) in [6.45, 7) is 7.76. The van der Waals surface area contributed by atoms with E-state index in [-0.39, 0.29) is 5.97 Å². The van der Waals surface area contributed by atoms with E-state index in [1.807, 2.05) is 27.1 Å². The minimum absolute atomic E-state index is 0.219. The smallest absolute Gasteiger partial charge is 0.322 e. The third-order valence-electron chi connectivity index (χ3n) is 5.26. The summed E-state index contributed by atoms with van der Waals surface area (Å²) in [5.74, 6) is 0.810. The minimum atomic E-state index is -0.672. The molecule has 0 spiro atoms. The molecule has 1 aromatic rings. The molecule has 0 fully saturated rings. The van der Waals surface area contributed by atoms with Crippen molar-refractivity contribution in [2.24, 2.45) is 0 Å². The highest BCUT2D eigenvalue weighted by molar-refractivity contribution is 8.47. The zero-order valence-corrected chi connectivity index (χ0v) is 23.5. The van der Waals surface area contributed by atoms with Gasteiger partial charge in [-0.25, -0.2) is 0 Å². The van der Waals surface area contributed by atoms with Crippen LogP contribution in [-0.2, 0) is 22.6 Å². The second kappa shape index (κ2) is 18.7. The quantitative estimate of drug-likeness (QED) is 0.129. The van der Waals surface area contributed by atoms with Gasteiger partial charge in [-0.3, -0.25) is 9.48 Å². The molecule has 0 amide bonds. The average Bonchev–Trinajstić information content (AvgIpc) is 3.22. The summed E-state index contributed by atoms with van der Waals surface area (Å²) in [7, 11) is 1.88. The van der Waals surface area contributed by atoms with E-state index in [1.165, 1.54) is 76.0 Å². The fourth-order valence-electron chi connectivity index (χ4n) is 3.30. The first-order valence-electron chi connectivity index (χ1n) is 12.5.